The van der Waals surface area contributed by atoms with Gasteiger partial charge in [0.2, 0.25) is 0 Å². The third-order valence-electron chi connectivity index (χ3n) is 4.80. The summed E-state index contributed by atoms with van der Waals surface area (Å²) in [6, 6.07) is 8.67. The molecular weight excluding hydrogens is 232 g/mol. The quantitative estimate of drug-likeness (QED) is 0.599. The summed E-state index contributed by atoms with van der Waals surface area (Å²) in [5.74, 6) is 0.652. The number of rotatable bonds is 1. The molecule has 0 amide bonds. The average molecular weight is 254 g/mol. The lowest BCUT2D eigenvalue weighted by molar-refractivity contribution is 0.360. The van der Waals surface area contributed by atoms with E-state index in [1.165, 1.54) is 48.8 Å². The molecule has 100 valence electrons. The van der Waals surface area contributed by atoms with Crippen LogP contribution in [0.5, 0.6) is 0 Å². The molecule has 0 heterocycles. The van der Waals surface area contributed by atoms with Crippen LogP contribution in [0.3, 0.4) is 0 Å². The number of nitrogens with two attached hydrogens (primary N) is 1. The van der Waals surface area contributed by atoms with Crippen LogP contribution in [-0.2, 0) is 6.42 Å². The van der Waals surface area contributed by atoms with Gasteiger partial charge in [-0.2, -0.15) is 0 Å². The number of amidine groups is 1. The van der Waals surface area contributed by atoms with Crippen LogP contribution in [-0.4, -0.2) is 5.84 Å². The molecule has 0 bridgehead atoms. The van der Waals surface area contributed by atoms with E-state index in [1.54, 1.807) is 0 Å². The molecule has 0 saturated heterocycles. The smallest absolute Gasteiger partial charge is 0.0965 e. The molecule has 1 spiro atoms. The third-order valence-corrected chi connectivity index (χ3v) is 4.80. The summed E-state index contributed by atoms with van der Waals surface area (Å²) in [5.41, 5.74) is 11.5. The molecule has 3 rings (SSSR count). The van der Waals surface area contributed by atoms with Crippen LogP contribution in [0.25, 0.3) is 5.70 Å². The van der Waals surface area contributed by atoms with E-state index < -0.39 is 0 Å². The fourth-order valence-corrected chi connectivity index (χ4v) is 3.78. The number of hydrogen-bond acceptors (Lipinski definition) is 1. The largest absolute Gasteiger partial charge is 0.387 e. The summed E-state index contributed by atoms with van der Waals surface area (Å²) in [4.78, 5) is 4.65. The Morgan fingerprint density at radius 2 is 1.89 bits per heavy atom. The van der Waals surface area contributed by atoms with E-state index >= 15 is 0 Å². The normalized spacial score (nSPS) is 21.9. The predicted molar refractivity (Wildman–Crippen MR) is 80.9 cm³/mol. The Hall–Kier alpha value is -1.57. The first kappa shape index (κ1) is 12.5. The van der Waals surface area contributed by atoms with Crippen LogP contribution >= 0.6 is 0 Å². The molecule has 0 unspecified atom stereocenters. The lowest BCUT2D eigenvalue weighted by Gasteiger charge is -2.36. The molecule has 0 aromatic heterocycles. The SMILES string of the molecule is CC(N)=NC1=C(C)C2(CCCC2)Cc2ccccc21. The summed E-state index contributed by atoms with van der Waals surface area (Å²) >= 11 is 0. The molecule has 0 atom stereocenters. The Balaban J connectivity index is 2.20. The predicted octanol–water partition coefficient (Wildman–Crippen LogP) is 3.91. The molecule has 2 aliphatic carbocycles. The number of benzene rings is 1. The maximum Gasteiger partial charge on any atom is 0.0965 e. The standard InChI is InChI=1S/C17H22N2/c1-12-16(19-13(2)18)15-8-4-3-7-14(15)11-17(12)9-5-6-10-17/h3-4,7-8H,5-6,9-11H2,1-2H3,(H2,18,19). The van der Waals surface area contributed by atoms with Gasteiger partial charge in [-0.15, -0.1) is 0 Å². The van der Waals surface area contributed by atoms with E-state index in [1.807, 2.05) is 6.92 Å². The minimum atomic E-state index is 0.350. The highest BCUT2D eigenvalue weighted by Crippen LogP contribution is 2.52. The molecule has 2 nitrogen and oxygen atoms in total. The molecule has 1 fully saturated rings. The maximum absolute atomic E-state index is 5.85. The van der Waals surface area contributed by atoms with Gasteiger partial charge in [0, 0.05) is 5.56 Å². The highest BCUT2D eigenvalue weighted by molar-refractivity contribution is 5.87. The van der Waals surface area contributed by atoms with E-state index in [9.17, 15) is 0 Å². The second-order valence-corrected chi connectivity index (χ2v) is 6.05. The third kappa shape index (κ3) is 1.99. The summed E-state index contributed by atoms with van der Waals surface area (Å²) < 4.78 is 0. The molecular formula is C17H22N2. The van der Waals surface area contributed by atoms with Crippen molar-refractivity contribution in [3.63, 3.8) is 0 Å². The van der Waals surface area contributed by atoms with Crippen LogP contribution in [0.15, 0.2) is 34.8 Å². The molecule has 0 aliphatic heterocycles. The van der Waals surface area contributed by atoms with Crippen LogP contribution in [0.2, 0.25) is 0 Å². The fourth-order valence-electron chi connectivity index (χ4n) is 3.78. The zero-order valence-corrected chi connectivity index (χ0v) is 11.9. The zero-order chi connectivity index (χ0) is 13.5. The van der Waals surface area contributed by atoms with Gasteiger partial charge < -0.3 is 5.73 Å². The van der Waals surface area contributed by atoms with Crippen LogP contribution in [0, 0.1) is 5.41 Å². The van der Waals surface area contributed by atoms with Gasteiger partial charge in [-0.3, -0.25) is 0 Å². The average Bonchev–Trinajstić information content (AvgIpc) is 2.84. The summed E-state index contributed by atoms with van der Waals surface area (Å²) in [7, 11) is 0. The molecule has 2 N–H and O–H groups in total. The molecule has 1 aromatic rings. The summed E-state index contributed by atoms with van der Waals surface area (Å²) in [6.45, 7) is 4.14. The minimum Gasteiger partial charge on any atom is -0.387 e. The first-order chi connectivity index (χ1) is 9.12. The van der Waals surface area contributed by atoms with Gasteiger partial charge in [-0.1, -0.05) is 37.1 Å². The van der Waals surface area contributed by atoms with E-state index in [0.29, 0.717) is 11.3 Å². The second kappa shape index (κ2) is 4.52. The van der Waals surface area contributed by atoms with Crippen LogP contribution in [0.1, 0.15) is 50.7 Å². The highest BCUT2D eigenvalue weighted by Gasteiger charge is 2.40. The molecule has 1 aromatic carbocycles. The lowest BCUT2D eigenvalue weighted by atomic mass is 9.68. The molecule has 2 aliphatic rings. The molecule has 1 saturated carbocycles. The van der Waals surface area contributed by atoms with Crippen molar-refractivity contribution in [3.8, 4) is 0 Å². The van der Waals surface area contributed by atoms with Gasteiger partial charge in [0.1, 0.15) is 0 Å². The van der Waals surface area contributed by atoms with E-state index in [4.69, 9.17) is 5.73 Å². The van der Waals surface area contributed by atoms with Crippen molar-refractivity contribution in [1.29, 1.82) is 0 Å². The summed E-state index contributed by atoms with van der Waals surface area (Å²) in [6.07, 6.45) is 6.47. The van der Waals surface area contributed by atoms with Gasteiger partial charge in [0.25, 0.3) is 0 Å². The van der Waals surface area contributed by atoms with Crippen molar-refractivity contribution in [2.24, 2.45) is 16.1 Å². The van der Waals surface area contributed by atoms with Crippen molar-refractivity contribution in [3.05, 3.63) is 41.0 Å². The van der Waals surface area contributed by atoms with E-state index in [-0.39, 0.29) is 0 Å². The lowest BCUT2D eigenvalue weighted by Crippen LogP contribution is -2.26. The monoisotopic (exact) mass is 254 g/mol. The second-order valence-electron chi connectivity index (χ2n) is 6.05. The van der Waals surface area contributed by atoms with Crippen molar-refractivity contribution >= 4 is 11.5 Å². The Labute approximate surface area is 115 Å². The maximum atomic E-state index is 5.85. The van der Waals surface area contributed by atoms with Crippen LogP contribution in [0.4, 0.5) is 0 Å². The number of allylic oxidation sites excluding steroid dienone is 1. The van der Waals surface area contributed by atoms with Crippen LogP contribution < -0.4 is 5.73 Å². The number of hydrogen-bond donors (Lipinski definition) is 1. The highest BCUT2D eigenvalue weighted by atomic mass is 14.9. The Kier molecular flexibility index (Phi) is 2.96. The van der Waals surface area contributed by atoms with Gasteiger partial charge >= 0.3 is 0 Å². The van der Waals surface area contributed by atoms with Crippen molar-refractivity contribution in [2.45, 2.75) is 46.0 Å². The Bertz CT molecular complexity index is 556. The zero-order valence-electron chi connectivity index (χ0n) is 11.9. The van der Waals surface area contributed by atoms with Gasteiger partial charge in [-0.05, 0) is 49.7 Å². The first-order valence-electron chi connectivity index (χ1n) is 7.23. The number of fused-ring (bicyclic) bond motifs is 1. The Morgan fingerprint density at radius 1 is 1.21 bits per heavy atom. The number of nitrogens with zero attached hydrogens (tertiary/aromatic N) is 1. The molecule has 2 heteroatoms. The van der Waals surface area contributed by atoms with E-state index in [0.717, 1.165) is 5.70 Å². The van der Waals surface area contributed by atoms with E-state index in [2.05, 4.69) is 36.2 Å². The van der Waals surface area contributed by atoms with Gasteiger partial charge in [0.15, 0.2) is 0 Å². The minimum absolute atomic E-state index is 0.350. The van der Waals surface area contributed by atoms with Crippen molar-refractivity contribution in [1.82, 2.24) is 0 Å². The topological polar surface area (TPSA) is 38.4 Å². The van der Waals surface area contributed by atoms with Gasteiger partial charge in [0.05, 0.1) is 11.5 Å². The summed E-state index contributed by atoms with van der Waals surface area (Å²) in [5, 5.41) is 0. The first-order valence-corrected chi connectivity index (χ1v) is 7.23. The molecule has 19 heavy (non-hydrogen) atoms. The van der Waals surface area contributed by atoms with Crippen molar-refractivity contribution in [2.75, 3.05) is 0 Å². The van der Waals surface area contributed by atoms with Gasteiger partial charge in [-0.25, -0.2) is 4.99 Å². The number of aliphatic imine (C=N–C) groups is 1. The molecule has 0 radical (unpaired) electrons. The Morgan fingerprint density at radius 3 is 2.58 bits per heavy atom. The van der Waals surface area contributed by atoms with Crippen molar-refractivity contribution < 1.29 is 0 Å². The fraction of sp³-hybridized carbons (Fsp3) is 0.471.